The summed E-state index contributed by atoms with van der Waals surface area (Å²) in [6.45, 7) is 10.3. The van der Waals surface area contributed by atoms with Crippen LogP contribution in [0.25, 0.3) is 0 Å². The highest BCUT2D eigenvalue weighted by molar-refractivity contribution is 7.12. The van der Waals surface area contributed by atoms with Gasteiger partial charge < -0.3 is 5.32 Å². The van der Waals surface area contributed by atoms with Crippen LogP contribution in [0.15, 0.2) is 6.07 Å². The molecule has 0 aliphatic carbocycles. The summed E-state index contributed by atoms with van der Waals surface area (Å²) in [7, 11) is 0. The number of fused-ring (bicyclic) bond motifs is 2. The van der Waals surface area contributed by atoms with E-state index < -0.39 is 0 Å². The maximum atomic E-state index is 3.68. The summed E-state index contributed by atoms with van der Waals surface area (Å²) in [5.41, 5.74) is 1.58. The molecule has 2 nitrogen and oxygen atoms in total. The Hall–Kier alpha value is -0.380. The van der Waals surface area contributed by atoms with Crippen LogP contribution < -0.4 is 5.32 Å². The molecule has 0 amide bonds. The first-order valence-corrected chi connectivity index (χ1v) is 8.99. The molecule has 3 heterocycles. The van der Waals surface area contributed by atoms with Gasteiger partial charge in [0.15, 0.2) is 0 Å². The topological polar surface area (TPSA) is 15.3 Å². The number of aryl methyl sites for hydroxylation is 2. The predicted octanol–water partition coefficient (Wildman–Crippen LogP) is 4.03. The Kier molecular flexibility index (Phi) is 4.21. The van der Waals surface area contributed by atoms with E-state index in [9.17, 15) is 0 Å². The smallest absolute Gasteiger partial charge is 0.0336 e. The zero-order chi connectivity index (χ0) is 14.3. The molecular weight excluding hydrogens is 264 g/mol. The maximum absolute atomic E-state index is 3.68. The van der Waals surface area contributed by atoms with E-state index in [0.29, 0.717) is 6.04 Å². The van der Waals surface area contributed by atoms with Crippen molar-refractivity contribution in [1.29, 1.82) is 0 Å². The lowest BCUT2D eigenvalue weighted by Crippen LogP contribution is -2.49. The molecule has 2 saturated heterocycles. The van der Waals surface area contributed by atoms with Crippen molar-refractivity contribution >= 4 is 11.3 Å². The lowest BCUT2D eigenvalue weighted by atomic mass is 9.94. The number of nitrogens with one attached hydrogen (secondary N) is 1. The largest absolute Gasteiger partial charge is 0.314 e. The van der Waals surface area contributed by atoms with Gasteiger partial charge in [-0.25, -0.2) is 0 Å². The predicted molar refractivity (Wildman–Crippen MR) is 87.6 cm³/mol. The van der Waals surface area contributed by atoms with Crippen LogP contribution in [0.5, 0.6) is 0 Å². The van der Waals surface area contributed by atoms with Crippen molar-refractivity contribution in [3.05, 3.63) is 21.4 Å². The van der Waals surface area contributed by atoms with Crippen molar-refractivity contribution in [2.24, 2.45) is 0 Å². The first kappa shape index (κ1) is 14.6. The fraction of sp³-hybridized carbons (Fsp3) is 0.765. The average molecular weight is 292 g/mol. The van der Waals surface area contributed by atoms with Crippen LogP contribution in [0, 0.1) is 13.8 Å². The number of rotatable bonds is 4. The first-order valence-electron chi connectivity index (χ1n) is 8.18. The number of piperidine rings is 1. The fourth-order valence-corrected chi connectivity index (χ4v) is 5.54. The normalized spacial score (nSPS) is 31.7. The summed E-state index contributed by atoms with van der Waals surface area (Å²) >= 11 is 1.95. The minimum absolute atomic E-state index is 0.597. The summed E-state index contributed by atoms with van der Waals surface area (Å²) in [6.07, 6.45) is 5.49. The zero-order valence-electron chi connectivity index (χ0n) is 13.3. The average Bonchev–Trinajstić information content (AvgIpc) is 2.87. The van der Waals surface area contributed by atoms with Gasteiger partial charge in [0, 0.05) is 33.9 Å². The van der Waals surface area contributed by atoms with E-state index >= 15 is 0 Å². The molecule has 1 aromatic rings. The van der Waals surface area contributed by atoms with Gasteiger partial charge in [-0.15, -0.1) is 11.3 Å². The molecule has 3 heteroatoms. The Morgan fingerprint density at radius 2 is 1.95 bits per heavy atom. The molecule has 3 unspecified atom stereocenters. The zero-order valence-corrected chi connectivity index (χ0v) is 14.1. The lowest BCUT2D eigenvalue weighted by Gasteiger charge is -2.43. The van der Waals surface area contributed by atoms with Crippen molar-refractivity contribution in [2.45, 2.75) is 77.5 Å². The van der Waals surface area contributed by atoms with Crippen LogP contribution in [-0.2, 0) is 0 Å². The van der Waals surface area contributed by atoms with Gasteiger partial charge >= 0.3 is 0 Å². The van der Waals surface area contributed by atoms with Crippen LogP contribution in [0.2, 0.25) is 0 Å². The van der Waals surface area contributed by atoms with E-state index in [-0.39, 0.29) is 0 Å². The van der Waals surface area contributed by atoms with Gasteiger partial charge in [-0.1, -0.05) is 6.92 Å². The van der Waals surface area contributed by atoms with Crippen molar-refractivity contribution in [2.75, 3.05) is 6.54 Å². The third kappa shape index (κ3) is 2.56. The standard InChI is InChI=1S/C17H28N2S/c1-5-18-14-9-15-6-7-16(10-14)19(15)12(3)17-8-11(2)20-13(17)4/h8,12,14-16,18H,5-7,9-10H2,1-4H3. The third-order valence-electron chi connectivity index (χ3n) is 5.26. The number of thiophene rings is 1. The number of nitrogens with zero attached hydrogens (tertiary/aromatic N) is 1. The van der Waals surface area contributed by atoms with E-state index in [1.165, 1.54) is 35.4 Å². The monoisotopic (exact) mass is 292 g/mol. The Morgan fingerprint density at radius 1 is 1.30 bits per heavy atom. The molecule has 0 spiro atoms. The van der Waals surface area contributed by atoms with E-state index in [2.05, 4.69) is 44.0 Å². The first-order chi connectivity index (χ1) is 9.60. The van der Waals surface area contributed by atoms with Crippen molar-refractivity contribution in [3.63, 3.8) is 0 Å². The molecule has 2 fully saturated rings. The summed E-state index contributed by atoms with van der Waals surface area (Å²) in [6, 6.07) is 5.37. The Labute approximate surface area is 127 Å². The Bertz CT molecular complexity index is 454. The molecule has 0 radical (unpaired) electrons. The second-order valence-electron chi connectivity index (χ2n) is 6.60. The van der Waals surface area contributed by atoms with E-state index in [1.807, 2.05) is 11.3 Å². The fourth-order valence-electron chi connectivity index (χ4n) is 4.53. The molecule has 1 N–H and O–H groups in total. The number of hydrogen-bond acceptors (Lipinski definition) is 3. The molecule has 20 heavy (non-hydrogen) atoms. The van der Waals surface area contributed by atoms with Gasteiger partial charge in [0.05, 0.1) is 0 Å². The van der Waals surface area contributed by atoms with Crippen LogP contribution >= 0.6 is 11.3 Å². The summed E-state index contributed by atoms with van der Waals surface area (Å²) in [4.78, 5) is 5.81. The van der Waals surface area contributed by atoms with Crippen LogP contribution in [0.3, 0.4) is 0 Å². The quantitative estimate of drug-likeness (QED) is 0.901. The van der Waals surface area contributed by atoms with Gasteiger partial charge in [-0.3, -0.25) is 4.90 Å². The Morgan fingerprint density at radius 3 is 2.45 bits per heavy atom. The molecule has 3 rings (SSSR count). The van der Waals surface area contributed by atoms with Gasteiger partial charge in [0.25, 0.3) is 0 Å². The molecule has 2 aliphatic rings. The molecule has 0 saturated carbocycles. The van der Waals surface area contributed by atoms with Gasteiger partial charge in [0.2, 0.25) is 0 Å². The second kappa shape index (κ2) is 5.78. The highest BCUT2D eigenvalue weighted by atomic mass is 32.1. The minimum Gasteiger partial charge on any atom is -0.314 e. The summed E-state index contributed by atoms with van der Waals surface area (Å²) in [5.74, 6) is 0. The molecule has 2 bridgehead atoms. The highest BCUT2D eigenvalue weighted by Gasteiger charge is 2.43. The molecule has 1 aromatic heterocycles. The van der Waals surface area contributed by atoms with Gasteiger partial charge in [-0.2, -0.15) is 0 Å². The molecular formula is C17H28N2S. The second-order valence-corrected chi connectivity index (χ2v) is 8.06. The minimum atomic E-state index is 0.597. The highest BCUT2D eigenvalue weighted by Crippen LogP contribution is 2.43. The van der Waals surface area contributed by atoms with E-state index in [0.717, 1.165) is 24.7 Å². The molecule has 3 atom stereocenters. The number of hydrogen-bond donors (Lipinski definition) is 1. The molecule has 112 valence electrons. The van der Waals surface area contributed by atoms with Crippen molar-refractivity contribution in [3.8, 4) is 0 Å². The van der Waals surface area contributed by atoms with Gasteiger partial charge in [-0.05, 0) is 64.6 Å². The third-order valence-corrected chi connectivity index (χ3v) is 6.24. The van der Waals surface area contributed by atoms with Crippen LogP contribution in [0.1, 0.15) is 60.9 Å². The lowest BCUT2D eigenvalue weighted by molar-refractivity contribution is 0.0775. The van der Waals surface area contributed by atoms with Gasteiger partial charge in [0.1, 0.15) is 0 Å². The van der Waals surface area contributed by atoms with Crippen LogP contribution in [-0.4, -0.2) is 29.6 Å². The van der Waals surface area contributed by atoms with E-state index in [1.54, 1.807) is 5.56 Å². The van der Waals surface area contributed by atoms with E-state index in [4.69, 9.17) is 0 Å². The van der Waals surface area contributed by atoms with Crippen LogP contribution in [0.4, 0.5) is 0 Å². The molecule has 2 aliphatic heterocycles. The van der Waals surface area contributed by atoms with Crippen molar-refractivity contribution < 1.29 is 0 Å². The van der Waals surface area contributed by atoms with Crippen molar-refractivity contribution in [1.82, 2.24) is 10.2 Å². The Balaban J connectivity index is 1.77. The SMILES string of the molecule is CCNC1CC2CCC(C1)N2C(C)c1cc(C)sc1C. The molecule has 0 aromatic carbocycles. The summed E-state index contributed by atoms with van der Waals surface area (Å²) in [5, 5.41) is 3.68. The summed E-state index contributed by atoms with van der Waals surface area (Å²) < 4.78 is 0. The maximum Gasteiger partial charge on any atom is 0.0336 e.